The van der Waals surface area contributed by atoms with Gasteiger partial charge in [0.25, 0.3) is 5.91 Å². The summed E-state index contributed by atoms with van der Waals surface area (Å²) in [7, 11) is 0. The standard InChI is InChI=1S/C19H19N3O2S3/c1-10-6-7-11-14(8-10)26-18(16(11)17(20)24)22-15(23)9-25-19-21-12-4-2-3-5-13(12)27-19/h2-5,10H,6-9H2,1H3,(H2,20,24)(H,22,23). The Morgan fingerprint density at radius 3 is 2.93 bits per heavy atom. The normalized spacial score (nSPS) is 16.3. The van der Waals surface area contributed by atoms with Gasteiger partial charge < -0.3 is 11.1 Å². The van der Waals surface area contributed by atoms with Crippen molar-refractivity contribution >= 4 is 61.5 Å². The number of aromatic nitrogens is 1. The van der Waals surface area contributed by atoms with E-state index >= 15 is 0 Å². The van der Waals surface area contributed by atoms with E-state index in [-0.39, 0.29) is 11.7 Å². The van der Waals surface area contributed by atoms with Crippen LogP contribution in [-0.4, -0.2) is 22.6 Å². The molecule has 0 saturated heterocycles. The van der Waals surface area contributed by atoms with Crippen molar-refractivity contribution in [3.05, 3.63) is 40.3 Å². The number of nitrogens with zero attached hydrogens (tertiary/aromatic N) is 1. The number of hydrogen-bond acceptors (Lipinski definition) is 6. The number of benzene rings is 1. The molecule has 0 spiro atoms. The number of carbonyl (C=O) groups is 2. The number of hydrogen-bond donors (Lipinski definition) is 2. The smallest absolute Gasteiger partial charge is 0.251 e. The number of primary amides is 1. The molecule has 0 radical (unpaired) electrons. The fourth-order valence-electron chi connectivity index (χ4n) is 3.30. The van der Waals surface area contributed by atoms with Crippen molar-refractivity contribution in [3.8, 4) is 0 Å². The summed E-state index contributed by atoms with van der Waals surface area (Å²) in [6.07, 6.45) is 2.84. The molecule has 3 N–H and O–H groups in total. The largest absolute Gasteiger partial charge is 0.365 e. The maximum absolute atomic E-state index is 12.5. The average molecular weight is 418 g/mol. The van der Waals surface area contributed by atoms with E-state index in [9.17, 15) is 9.59 Å². The Hall–Kier alpha value is -1.90. The Bertz CT molecular complexity index is 992. The van der Waals surface area contributed by atoms with E-state index in [0.717, 1.165) is 39.4 Å². The van der Waals surface area contributed by atoms with Gasteiger partial charge in [-0.3, -0.25) is 9.59 Å². The van der Waals surface area contributed by atoms with Crippen LogP contribution in [0.25, 0.3) is 10.2 Å². The number of carbonyl (C=O) groups excluding carboxylic acids is 2. The summed E-state index contributed by atoms with van der Waals surface area (Å²) in [6, 6.07) is 7.92. The molecule has 27 heavy (non-hydrogen) atoms. The first-order valence-electron chi connectivity index (χ1n) is 8.74. The molecule has 0 fully saturated rings. The molecule has 8 heteroatoms. The van der Waals surface area contributed by atoms with Gasteiger partial charge >= 0.3 is 0 Å². The minimum Gasteiger partial charge on any atom is -0.365 e. The van der Waals surface area contributed by atoms with E-state index in [1.54, 1.807) is 11.3 Å². The number of amides is 2. The minimum absolute atomic E-state index is 0.145. The zero-order chi connectivity index (χ0) is 19.0. The van der Waals surface area contributed by atoms with E-state index in [1.165, 1.54) is 28.0 Å². The van der Waals surface area contributed by atoms with E-state index < -0.39 is 5.91 Å². The predicted octanol–water partition coefficient (Wildman–Crippen LogP) is 4.31. The monoisotopic (exact) mass is 417 g/mol. The molecule has 0 aliphatic heterocycles. The van der Waals surface area contributed by atoms with Gasteiger partial charge in [-0.15, -0.1) is 22.7 Å². The summed E-state index contributed by atoms with van der Waals surface area (Å²) >= 11 is 4.48. The molecule has 2 amide bonds. The van der Waals surface area contributed by atoms with E-state index in [0.29, 0.717) is 16.5 Å². The first-order chi connectivity index (χ1) is 13.0. The Labute approximate surface area is 169 Å². The number of nitrogens with two attached hydrogens (primary N) is 1. The second-order valence-electron chi connectivity index (χ2n) is 6.70. The van der Waals surface area contributed by atoms with Crippen LogP contribution >= 0.6 is 34.4 Å². The second kappa shape index (κ2) is 7.61. The highest BCUT2D eigenvalue weighted by atomic mass is 32.2. The van der Waals surface area contributed by atoms with Gasteiger partial charge in [-0.2, -0.15) is 0 Å². The Balaban J connectivity index is 1.47. The molecule has 0 bridgehead atoms. The zero-order valence-corrected chi connectivity index (χ0v) is 17.2. The third-order valence-electron chi connectivity index (χ3n) is 4.61. The molecule has 5 nitrogen and oxygen atoms in total. The summed E-state index contributed by atoms with van der Waals surface area (Å²) < 4.78 is 1.97. The quantitative estimate of drug-likeness (QED) is 0.606. The SMILES string of the molecule is CC1CCc2c(sc(NC(=O)CSc3nc4ccccc4s3)c2C(N)=O)C1. The second-order valence-corrected chi connectivity index (χ2v) is 10.1. The third kappa shape index (κ3) is 3.88. The number of fused-ring (bicyclic) bond motifs is 2. The van der Waals surface area contributed by atoms with Gasteiger partial charge in [-0.1, -0.05) is 30.8 Å². The molecule has 3 aromatic rings. The molecule has 1 unspecified atom stereocenters. The van der Waals surface area contributed by atoms with Crippen molar-refractivity contribution in [3.63, 3.8) is 0 Å². The molecule has 2 heterocycles. The highest BCUT2D eigenvalue weighted by Crippen LogP contribution is 2.39. The van der Waals surface area contributed by atoms with Crippen LogP contribution in [0.1, 0.15) is 34.1 Å². The van der Waals surface area contributed by atoms with Crippen LogP contribution in [0.2, 0.25) is 0 Å². The summed E-state index contributed by atoms with van der Waals surface area (Å²) in [5, 5.41) is 3.50. The van der Waals surface area contributed by atoms with Crippen molar-refractivity contribution in [2.24, 2.45) is 11.7 Å². The summed E-state index contributed by atoms with van der Waals surface area (Å²) in [4.78, 5) is 30.1. The summed E-state index contributed by atoms with van der Waals surface area (Å²) in [5.74, 6) is 0.233. The number of thiophene rings is 1. The van der Waals surface area contributed by atoms with Gasteiger partial charge in [0.15, 0.2) is 4.34 Å². The highest BCUT2D eigenvalue weighted by molar-refractivity contribution is 8.01. The predicted molar refractivity (Wildman–Crippen MR) is 113 cm³/mol. The van der Waals surface area contributed by atoms with Crippen LogP contribution in [0.15, 0.2) is 28.6 Å². The number of nitrogens with one attached hydrogen (secondary N) is 1. The van der Waals surface area contributed by atoms with Gasteiger partial charge in [0.1, 0.15) is 5.00 Å². The summed E-state index contributed by atoms with van der Waals surface area (Å²) in [5.41, 5.74) is 8.08. The van der Waals surface area contributed by atoms with E-state index in [4.69, 9.17) is 5.73 Å². The minimum atomic E-state index is -0.462. The van der Waals surface area contributed by atoms with Crippen LogP contribution in [0.5, 0.6) is 0 Å². The maximum atomic E-state index is 12.5. The van der Waals surface area contributed by atoms with Crippen LogP contribution in [0.4, 0.5) is 5.00 Å². The number of para-hydroxylation sites is 1. The number of thiazole rings is 1. The molecule has 4 rings (SSSR count). The van der Waals surface area contributed by atoms with Gasteiger partial charge in [0.05, 0.1) is 21.5 Å². The molecular formula is C19H19N3O2S3. The topological polar surface area (TPSA) is 85.1 Å². The average Bonchev–Trinajstić information content (AvgIpc) is 3.19. The lowest BCUT2D eigenvalue weighted by Crippen LogP contribution is -2.20. The number of rotatable bonds is 5. The molecule has 1 aliphatic rings. The van der Waals surface area contributed by atoms with Crippen molar-refractivity contribution in [2.45, 2.75) is 30.5 Å². The van der Waals surface area contributed by atoms with E-state index in [2.05, 4.69) is 17.2 Å². The molecule has 140 valence electrons. The van der Waals surface area contributed by atoms with Crippen LogP contribution in [-0.2, 0) is 17.6 Å². The Kier molecular flexibility index (Phi) is 5.21. The van der Waals surface area contributed by atoms with Crippen molar-refractivity contribution in [1.29, 1.82) is 0 Å². The fourth-order valence-corrected chi connectivity index (χ4v) is 6.60. The van der Waals surface area contributed by atoms with E-state index in [1.807, 2.05) is 24.3 Å². The Morgan fingerprint density at radius 1 is 1.33 bits per heavy atom. The lowest BCUT2D eigenvalue weighted by atomic mass is 9.88. The highest BCUT2D eigenvalue weighted by Gasteiger charge is 2.27. The fraction of sp³-hybridized carbons (Fsp3) is 0.316. The first kappa shape index (κ1) is 18.5. The van der Waals surface area contributed by atoms with Crippen LogP contribution < -0.4 is 11.1 Å². The first-order valence-corrected chi connectivity index (χ1v) is 11.4. The lowest BCUT2D eigenvalue weighted by Gasteiger charge is -2.18. The zero-order valence-electron chi connectivity index (χ0n) is 14.8. The Morgan fingerprint density at radius 2 is 2.15 bits per heavy atom. The molecule has 1 aromatic carbocycles. The summed E-state index contributed by atoms with van der Waals surface area (Å²) in [6.45, 7) is 2.21. The number of anilines is 1. The lowest BCUT2D eigenvalue weighted by molar-refractivity contribution is -0.113. The number of thioether (sulfide) groups is 1. The van der Waals surface area contributed by atoms with Crippen LogP contribution in [0.3, 0.4) is 0 Å². The molecule has 1 aliphatic carbocycles. The van der Waals surface area contributed by atoms with Gasteiger partial charge in [-0.25, -0.2) is 4.98 Å². The van der Waals surface area contributed by atoms with Crippen molar-refractivity contribution in [2.75, 3.05) is 11.1 Å². The van der Waals surface area contributed by atoms with Crippen molar-refractivity contribution < 1.29 is 9.59 Å². The maximum Gasteiger partial charge on any atom is 0.251 e. The molecule has 2 aromatic heterocycles. The third-order valence-corrected chi connectivity index (χ3v) is 7.96. The van der Waals surface area contributed by atoms with Gasteiger partial charge in [0, 0.05) is 4.88 Å². The molecular weight excluding hydrogens is 398 g/mol. The molecule has 1 atom stereocenters. The van der Waals surface area contributed by atoms with Crippen molar-refractivity contribution in [1.82, 2.24) is 4.98 Å². The van der Waals surface area contributed by atoms with Crippen LogP contribution in [0, 0.1) is 5.92 Å². The van der Waals surface area contributed by atoms with Gasteiger partial charge in [-0.05, 0) is 42.9 Å². The molecule has 0 saturated carbocycles. The van der Waals surface area contributed by atoms with Gasteiger partial charge in [0.2, 0.25) is 5.91 Å².